The number of anilines is 2. The number of rotatable bonds is 6. The molecular weight excluding hydrogens is 234 g/mol. The zero-order chi connectivity index (χ0) is 12.8. The van der Waals surface area contributed by atoms with E-state index < -0.39 is 0 Å². The predicted octanol–water partition coefficient (Wildman–Crippen LogP) is 2.12. The maximum Gasteiger partial charge on any atom is 0.230 e. The van der Waals surface area contributed by atoms with Gasteiger partial charge in [-0.05, 0) is 12.3 Å². The number of nitrogens with zero attached hydrogens (tertiary/aromatic N) is 4. The summed E-state index contributed by atoms with van der Waals surface area (Å²) in [5.74, 6) is 3.06. The summed E-state index contributed by atoms with van der Waals surface area (Å²) in [5.41, 5.74) is 0. The summed E-state index contributed by atoms with van der Waals surface area (Å²) < 4.78 is 0. The molecule has 0 amide bonds. The minimum atomic E-state index is 0.621. The van der Waals surface area contributed by atoms with E-state index in [2.05, 4.69) is 34.1 Å². The van der Waals surface area contributed by atoms with Crippen LogP contribution in [0.5, 0.6) is 0 Å². The molecule has 5 nitrogen and oxygen atoms in total. The molecule has 0 saturated carbocycles. The van der Waals surface area contributed by atoms with E-state index in [0.29, 0.717) is 17.8 Å². The van der Waals surface area contributed by atoms with Crippen molar-refractivity contribution in [2.75, 3.05) is 37.1 Å². The first kappa shape index (κ1) is 14.0. The molecule has 0 radical (unpaired) electrons. The van der Waals surface area contributed by atoms with Crippen molar-refractivity contribution in [3.05, 3.63) is 0 Å². The van der Waals surface area contributed by atoms with E-state index >= 15 is 0 Å². The highest BCUT2D eigenvalue weighted by Gasteiger charge is 2.07. The van der Waals surface area contributed by atoms with Gasteiger partial charge in [0.05, 0.1) is 0 Å². The van der Waals surface area contributed by atoms with Crippen LogP contribution in [-0.2, 0) is 0 Å². The third-order valence-corrected chi connectivity index (χ3v) is 3.03. The number of aromatic nitrogens is 3. The minimum Gasteiger partial charge on any atom is -0.357 e. The van der Waals surface area contributed by atoms with Crippen LogP contribution in [0.3, 0.4) is 0 Å². The Morgan fingerprint density at radius 3 is 2.47 bits per heavy atom. The van der Waals surface area contributed by atoms with Crippen LogP contribution in [0.25, 0.3) is 0 Å². The quantitative estimate of drug-likeness (QED) is 0.786. The Labute approximate surface area is 107 Å². The molecule has 0 aliphatic rings. The second-order valence-corrected chi connectivity index (χ2v) is 5.48. The molecular formula is C11H21N5S. The largest absolute Gasteiger partial charge is 0.357 e. The number of hydrogen-bond acceptors (Lipinski definition) is 6. The van der Waals surface area contributed by atoms with Gasteiger partial charge in [-0.25, -0.2) is 0 Å². The average molecular weight is 255 g/mol. The van der Waals surface area contributed by atoms with Gasteiger partial charge in [-0.1, -0.05) is 25.6 Å². The lowest BCUT2D eigenvalue weighted by Crippen LogP contribution is -2.15. The second-order valence-electron chi connectivity index (χ2n) is 4.42. The molecule has 0 spiro atoms. The second kappa shape index (κ2) is 6.64. The molecule has 1 aromatic rings. The van der Waals surface area contributed by atoms with Gasteiger partial charge in [0.2, 0.25) is 11.9 Å². The third-order valence-electron chi connectivity index (χ3n) is 2.15. The SMILES string of the molecule is CNc1nc(SCCC(C)C)nc(N(C)C)n1. The first-order valence-corrected chi connectivity index (χ1v) is 6.75. The molecule has 1 N–H and O–H groups in total. The van der Waals surface area contributed by atoms with Crippen LogP contribution < -0.4 is 10.2 Å². The van der Waals surface area contributed by atoms with Gasteiger partial charge in [-0.15, -0.1) is 0 Å². The molecule has 1 heterocycles. The van der Waals surface area contributed by atoms with Gasteiger partial charge in [0, 0.05) is 26.9 Å². The van der Waals surface area contributed by atoms with E-state index in [0.717, 1.165) is 10.9 Å². The predicted molar refractivity (Wildman–Crippen MR) is 73.9 cm³/mol. The van der Waals surface area contributed by atoms with Gasteiger partial charge >= 0.3 is 0 Å². The Bertz CT molecular complexity index is 354. The molecule has 1 aromatic heterocycles. The lowest BCUT2D eigenvalue weighted by Gasteiger charge is -2.12. The molecule has 17 heavy (non-hydrogen) atoms. The average Bonchev–Trinajstić information content (AvgIpc) is 2.28. The molecule has 0 saturated heterocycles. The van der Waals surface area contributed by atoms with Gasteiger partial charge < -0.3 is 10.2 Å². The Hall–Kier alpha value is -1.04. The van der Waals surface area contributed by atoms with Crippen molar-refractivity contribution in [3.8, 4) is 0 Å². The number of nitrogens with one attached hydrogen (secondary N) is 1. The fourth-order valence-electron chi connectivity index (χ4n) is 1.11. The normalized spacial score (nSPS) is 10.7. The van der Waals surface area contributed by atoms with Crippen molar-refractivity contribution in [2.24, 2.45) is 5.92 Å². The number of hydrogen-bond donors (Lipinski definition) is 1. The summed E-state index contributed by atoms with van der Waals surface area (Å²) in [7, 11) is 5.67. The smallest absolute Gasteiger partial charge is 0.230 e. The highest BCUT2D eigenvalue weighted by molar-refractivity contribution is 7.99. The summed E-state index contributed by atoms with van der Waals surface area (Å²) in [6.07, 6.45) is 1.17. The summed E-state index contributed by atoms with van der Waals surface area (Å²) >= 11 is 1.68. The van der Waals surface area contributed by atoms with Crippen molar-refractivity contribution in [3.63, 3.8) is 0 Å². The summed E-state index contributed by atoms with van der Waals surface area (Å²) in [5, 5.41) is 3.75. The fraction of sp³-hybridized carbons (Fsp3) is 0.727. The van der Waals surface area contributed by atoms with Gasteiger partial charge in [0.1, 0.15) is 0 Å². The molecule has 96 valence electrons. The third kappa shape index (κ3) is 4.77. The lowest BCUT2D eigenvalue weighted by atomic mass is 10.2. The van der Waals surface area contributed by atoms with E-state index in [1.165, 1.54) is 6.42 Å². The van der Waals surface area contributed by atoms with Gasteiger partial charge in [-0.3, -0.25) is 0 Å². The Balaban J connectivity index is 2.73. The van der Waals surface area contributed by atoms with Crippen LogP contribution in [0.2, 0.25) is 0 Å². The van der Waals surface area contributed by atoms with E-state index in [1.54, 1.807) is 11.8 Å². The van der Waals surface area contributed by atoms with Crippen LogP contribution in [0.4, 0.5) is 11.9 Å². The van der Waals surface area contributed by atoms with Crippen molar-refractivity contribution in [1.29, 1.82) is 0 Å². The van der Waals surface area contributed by atoms with Crippen LogP contribution in [0.15, 0.2) is 5.16 Å². The zero-order valence-electron chi connectivity index (χ0n) is 11.2. The topological polar surface area (TPSA) is 53.9 Å². The van der Waals surface area contributed by atoms with Crippen LogP contribution >= 0.6 is 11.8 Å². The monoisotopic (exact) mass is 255 g/mol. The van der Waals surface area contributed by atoms with Crippen molar-refractivity contribution in [2.45, 2.75) is 25.4 Å². The summed E-state index contributed by atoms with van der Waals surface area (Å²) in [4.78, 5) is 14.9. The van der Waals surface area contributed by atoms with Crippen LogP contribution in [0, 0.1) is 5.92 Å². The highest BCUT2D eigenvalue weighted by Crippen LogP contribution is 2.19. The van der Waals surface area contributed by atoms with E-state index in [-0.39, 0.29) is 0 Å². The number of thioether (sulfide) groups is 1. The lowest BCUT2D eigenvalue weighted by molar-refractivity contribution is 0.631. The van der Waals surface area contributed by atoms with Gasteiger partial charge in [0.25, 0.3) is 0 Å². The Morgan fingerprint density at radius 2 is 1.94 bits per heavy atom. The maximum atomic E-state index is 4.40. The fourth-order valence-corrected chi connectivity index (χ4v) is 2.18. The maximum absolute atomic E-state index is 4.40. The summed E-state index contributed by atoms with van der Waals surface area (Å²) in [6, 6.07) is 0. The van der Waals surface area contributed by atoms with Crippen LogP contribution in [-0.4, -0.2) is 41.8 Å². The zero-order valence-corrected chi connectivity index (χ0v) is 12.0. The molecule has 1 rings (SSSR count). The first-order valence-electron chi connectivity index (χ1n) is 5.77. The molecule has 0 fully saturated rings. The molecule has 0 aromatic carbocycles. The van der Waals surface area contributed by atoms with Gasteiger partial charge in [-0.2, -0.15) is 15.0 Å². The molecule has 0 aliphatic heterocycles. The van der Waals surface area contributed by atoms with Crippen molar-refractivity contribution in [1.82, 2.24) is 15.0 Å². The standard InChI is InChI=1S/C11H21N5S/c1-8(2)6-7-17-11-14-9(12-3)13-10(15-11)16(4)5/h8H,6-7H2,1-5H3,(H,12,13,14,15). The molecule has 0 unspecified atom stereocenters. The van der Waals surface area contributed by atoms with E-state index in [4.69, 9.17) is 0 Å². The van der Waals surface area contributed by atoms with Gasteiger partial charge in [0.15, 0.2) is 5.16 Å². The first-order chi connectivity index (χ1) is 8.02. The van der Waals surface area contributed by atoms with E-state index in [1.807, 2.05) is 26.0 Å². The minimum absolute atomic E-state index is 0.621. The van der Waals surface area contributed by atoms with E-state index in [9.17, 15) is 0 Å². The Morgan fingerprint density at radius 1 is 1.24 bits per heavy atom. The molecule has 6 heteroatoms. The van der Waals surface area contributed by atoms with Crippen molar-refractivity contribution < 1.29 is 0 Å². The highest BCUT2D eigenvalue weighted by atomic mass is 32.2. The molecule has 0 bridgehead atoms. The Kier molecular flexibility index (Phi) is 5.47. The molecule has 0 aliphatic carbocycles. The van der Waals surface area contributed by atoms with Crippen molar-refractivity contribution >= 4 is 23.7 Å². The molecule has 0 atom stereocenters. The summed E-state index contributed by atoms with van der Waals surface area (Å²) in [6.45, 7) is 4.44. The van der Waals surface area contributed by atoms with Crippen LogP contribution in [0.1, 0.15) is 20.3 Å².